The molecule has 18 heteroatoms. The number of primary amides is 1. The van der Waals surface area contributed by atoms with E-state index in [-0.39, 0.29) is 74.1 Å². The molecule has 0 bridgehead atoms. The molecule has 1 unspecified atom stereocenters. The van der Waals surface area contributed by atoms with Crippen molar-refractivity contribution in [3.8, 4) is 11.3 Å². The average molecular weight is 840 g/mol. The highest BCUT2D eigenvalue weighted by atomic mass is 35.5. The molecule has 5 N–H and O–H groups in total. The number of carbonyl (C=O) groups is 4. The lowest BCUT2D eigenvalue weighted by molar-refractivity contribution is -0.186. The van der Waals surface area contributed by atoms with Crippen LogP contribution in [0.3, 0.4) is 0 Å². The third-order valence-corrected chi connectivity index (χ3v) is 13.0. The van der Waals surface area contributed by atoms with Crippen LogP contribution in [0.4, 0.5) is 25.0 Å². The minimum absolute atomic E-state index is 0.105. The van der Waals surface area contributed by atoms with E-state index in [1.165, 1.54) is 23.2 Å². The van der Waals surface area contributed by atoms with Crippen molar-refractivity contribution in [2.45, 2.75) is 50.7 Å². The molecule has 0 aliphatic carbocycles. The summed E-state index contributed by atoms with van der Waals surface area (Å²) in [6.07, 6.45) is 6.51. The Kier molecular flexibility index (Phi) is 9.97. The van der Waals surface area contributed by atoms with Gasteiger partial charge in [0.1, 0.15) is 11.9 Å². The van der Waals surface area contributed by atoms with Crippen LogP contribution in [0.15, 0.2) is 67.0 Å². The van der Waals surface area contributed by atoms with Gasteiger partial charge in [-0.25, -0.2) is 23.2 Å². The van der Waals surface area contributed by atoms with Gasteiger partial charge in [0.2, 0.25) is 5.91 Å². The molecule has 0 saturated carbocycles. The second kappa shape index (κ2) is 15.2. The molecule has 5 amide bonds. The third kappa shape index (κ3) is 6.88. The zero-order chi connectivity index (χ0) is 41.9. The number of aromatic nitrogens is 3. The van der Waals surface area contributed by atoms with Crippen LogP contribution in [0, 0.1) is 5.41 Å². The number of rotatable bonds is 8. The van der Waals surface area contributed by atoms with Crippen molar-refractivity contribution in [2.24, 2.45) is 11.1 Å². The fourth-order valence-corrected chi connectivity index (χ4v) is 9.55. The lowest BCUT2D eigenvalue weighted by Crippen LogP contribution is -2.59. The minimum Gasteiger partial charge on any atom is -0.385 e. The van der Waals surface area contributed by atoms with Crippen LogP contribution in [-0.2, 0) is 17.8 Å². The van der Waals surface area contributed by atoms with Crippen LogP contribution < -0.4 is 31.6 Å². The molecule has 4 aromatic rings. The van der Waals surface area contributed by atoms with Crippen molar-refractivity contribution in [2.75, 3.05) is 61.5 Å². The zero-order valence-electron chi connectivity index (χ0n) is 32.9. The first-order valence-corrected chi connectivity index (χ1v) is 20.4. The summed E-state index contributed by atoms with van der Waals surface area (Å²) >= 11 is 6.38. The van der Waals surface area contributed by atoms with E-state index in [1.54, 1.807) is 33.8 Å². The number of urea groups is 1. The number of nitrogens with one attached hydrogen (secondary N) is 3. The molecule has 312 valence electrons. The van der Waals surface area contributed by atoms with Crippen molar-refractivity contribution >= 4 is 52.4 Å². The van der Waals surface area contributed by atoms with E-state index >= 15 is 8.78 Å². The van der Waals surface area contributed by atoms with Crippen LogP contribution in [0.2, 0.25) is 5.02 Å². The smallest absolute Gasteiger partial charge is 0.328 e. The number of hydrogen-bond acceptors (Lipinski definition) is 10. The molecule has 5 aliphatic heterocycles. The number of amides is 5. The number of halogens is 3. The van der Waals surface area contributed by atoms with Gasteiger partial charge in [0, 0.05) is 74.6 Å². The van der Waals surface area contributed by atoms with Gasteiger partial charge in [0.05, 0.1) is 34.8 Å². The Morgan fingerprint density at radius 1 is 0.967 bits per heavy atom. The largest absolute Gasteiger partial charge is 0.385 e. The first-order chi connectivity index (χ1) is 28.8. The number of imide groups is 1. The fraction of sp³-hybridized carbons (Fsp3) is 0.381. The topological polar surface area (TPSA) is 174 Å². The van der Waals surface area contributed by atoms with Gasteiger partial charge in [-0.05, 0) is 79.8 Å². The summed E-state index contributed by atoms with van der Waals surface area (Å²) < 4.78 is 34.0. The number of nitrogens with two attached hydrogens (primary N) is 1. The van der Waals surface area contributed by atoms with Gasteiger partial charge in [0.15, 0.2) is 5.82 Å². The molecule has 1 spiro atoms. The fourth-order valence-electron chi connectivity index (χ4n) is 9.33. The number of benzene rings is 2. The lowest BCUT2D eigenvalue weighted by Gasteiger charge is -2.51. The van der Waals surface area contributed by atoms with Gasteiger partial charge in [-0.2, -0.15) is 0 Å². The highest BCUT2D eigenvalue weighted by Gasteiger charge is 2.57. The molecule has 0 radical (unpaired) electrons. The molecule has 9 rings (SSSR count). The Morgan fingerprint density at radius 2 is 1.77 bits per heavy atom. The average Bonchev–Trinajstić information content (AvgIpc) is 3.88. The molecule has 2 aromatic carbocycles. The summed E-state index contributed by atoms with van der Waals surface area (Å²) in [5, 5.41) is 5.69. The van der Waals surface area contributed by atoms with Crippen LogP contribution in [0.1, 0.15) is 63.5 Å². The highest BCUT2D eigenvalue weighted by molar-refractivity contribution is 6.34. The predicted octanol–water partition coefficient (Wildman–Crippen LogP) is 4.41. The number of hydrogen-bond donors (Lipinski definition) is 4. The number of imidazole rings is 1. The monoisotopic (exact) mass is 839 g/mol. The summed E-state index contributed by atoms with van der Waals surface area (Å²) in [5.41, 5.74) is 14.2. The van der Waals surface area contributed by atoms with Crippen LogP contribution in [0.25, 0.3) is 17.0 Å². The normalized spacial score (nSPS) is 20.9. The van der Waals surface area contributed by atoms with Crippen molar-refractivity contribution in [3.05, 3.63) is 100 Å². The Labute approximate surface area is 349 Å². The number of alkyl halides is 2. The number of likely N-dealkylation sites (tertiary alicyclic amines) is 2. The quantitative estimate of drug-likeness (QED) is 0.199. The number of carbonyl (C=O) groups excluding carboxylic acids is 4. The van der Waals surface area contributed by atoms with E-state index in [0.29, 0.717) is 36.6 Å². The van der Waals surface area contributed by atoms with E-state index in [2.05, 4.69) is 32.0 Å². The molecule has 3 saturated heterocycles. The van der Waals surface area contributed by atoms with Gasteiger partial charge in [-0.15, -0.1) is 0 Å². The molecule has 3 fully saturated rings. The van der Waals surface area contributed by atoms with Gasteiger partial charge in [0.25, 0.3) is 17.7 Å². The maximum atomic E-state index is 16.2. The summed E-state index contributed by atoms with van der Waals surface area (Å²) in [6, 6.07) is 14.0. The standard InChI is InChI=1S/C42H44ClF2N11O4/c1-47-31-20-35(51-56-34(37(46)58)22-49-38(31)56)54-14-9-28-27(3-2-4-32(28)54)30-8-5-25(21-48-30)23-52-16-11-41(42(44,45)24-52)12-17-53(18-13-41)39(59)26-6-7-29(43)33(19-26)55-15-10-36(57)50-40(55)60/h2-8,19-22,35,47,51H,9-18,23-24H2,1H3,(H2,46,58)(H,50,57,60). The molecular weight excluding hydrogens is 796 g/mol. The van der Waals surface area contributed by atoms with E-state index in [1.807, 2.05) is 30.3 Å². The number of fused-ring (bicyclic) bond motifs is 2. The van der Waals surface area contributed by atoms with Crippen molar-refractivity contribution < 1.29 is 28.0 Å². The summed E-state index contributed by atoms with van der Waals surface area (Å²) in [5.74, 6) is -3.68. The van der Waals surface area contributed by atoms with E-state index in [0.717, 1.165) is 46.7 Å². The number of nitrogens with zero attached hydrogens (tertiary/aromatic N) is 7. The Bertz CT molecular complexity index is 2430. The van der Waals surface area contributed by atoms with Crippen LogP contribution >= 0.6 is 11.6 Å². The van der Waals surface area contributed by atoms with Gasteiger partial charge in [-0.3, -0.25) is 39.9 Å². The Morgan fingerprint density at radius 3 is 2.48 bits per heavy atom. The van der Waals surface area contributed by atoms with Crippen LogP contribution in [-0.4, -0.2) is 107 Å². The van der Waals surface area contributed by atoms with Gasteiger partial charge < -0.3 is 20.9 Å². The van der Waals surface area contributed by atoms with Crippen molar-refractivity contribution in [1.29, 1.82) is 0 Å². The molecule has 60 heavy (non-hydrogen) atoms. The predicted molar refractivity (Wildman–Crippen MR) is 221 cm³/mol. The second-order valence-electron chi connectivity index (χ2n) is 16.0. The summed E-state index contributed by atoms with van der Waals surface area (Å²) in [7, 11) is 1.80. The third-order valence-electron chi connectivity index (χ3n) is 12.7. The molecule has 1 atom stereocenters. The van der Waals surface area contributed by atoms with E-state index in [9.17, 15) is 19.2 Å². The maximum absolute atomic E-state index is 16.2. The highest BCUT2D eigenvalue weighted by Crippen LogP contribution is 2.51. The molecule has 15 nitrogen and oxygen atoms in total. The molecular formula is C42H44ClF2N11O4. The van der Waals surface area contributed by atoms with Gasteiger partial charge >= 0.3 is 6.03 Å². The van der Waals surface area contributed by atoms with Crippen LogP contribution in [0.5, 0.6) is 0 Å². The first-order valence-electron chi connectivity index (χ1n) is 20.0. The Hall–Kier alpha value is -6.07. The molecule has 7 heterocycles. The molecule has 2 aromatic heterocycles. The SMILES string of the molecule is CNC1=CC(N2CCc3c(-c4ccc(CN5CCC6(CCN(C(=O)c7ccc(Cl)c(N8CCC(=O)NC8=O)c7)CC6)C(F)(F)C5)cn4)cccc32)Nn2c(C(N)=O)cnc21. The number of anilines is 2. The molecule has 5 aliphatic rings. The van der Waals surface area contributed by atoms with Crippen molar-refractivity contribution in [1.82, 2.24) is 35.1 Å². The number of pyridine rings is 1. The first kappa shape index (κ1) is 39.4. The lowest BCUT2D eigenvalue weighted by atomic mass is 9.68. The maximum Gasteiger partial charge on any atom is 0.328 e. The number of piperidine rings is 2. The summed E-state index contributed by atoms with van der Waals surface area (Å²) in [6.45, 7) is 1.67. The second-order valence-corrected chi connectivity index (χ2v) is 16.4. The summed E-state index contributed by atoms with van der Waals surface area (Å²) in [4.78, 5) is 65.9. The minimum atomic E-state index is -2.96. The van der Waals surface area contributed by atoms with E-state index in [4.69, 9.17) is 22.3 Å². The van der Waals surface area contributed by atoms with Gasteiger partial charge in [-0.1, -0.05) is 29.8 Å². The Balaban J connectivity index is 0.827. The zero-order valence-corrected chi connectivity index (χ0v) is 33.6. The van der Waals surface area contributed by atoms with E-state index < -0.39 is 23.3 Å². The van der Waals surface area contributed by atoms with Crippen molar-refractivity contribution in [3.63, 3.8) is 0 Å².